The molecule has 0 spiro atoms. The molecular formula is C15H25NO2. The Morgan fingerprint density at radius 2 is 1.94 bits per heavy atom. The summed E-state index contributed by atoms with van der Waals surface area (Å²) in [7, 11) is 0. The second kappa shape index (κ2) is 4.07. The van der Waals surface area contributed by atoms with Crippen molar-refractivity contribution in [2.75, 3.05) is 6.54 Å². The predicted molar refractivity (Wildman–Crippen MR) is 71.1 cm³/mol. The first kappa shape index (κ1) is 13.6. The highest BCUT2D eigenvalue weighted by atomic mass is 16.2. The number of carbonyl (C=O) groups is 2. The summed E-state index contributed by atoms with van der Waals surface area (Å²) in [5.74, 6) is 0.389. The van der Waals surface area contributed by atoms with E-state index in [1.807, 2.05) is 6.92 Å². The van der Waals surface area contributed by atoms with E-state index in [1.54, 1.807) is 0 Å². The van der Waals surface area contributed by atoms with E-state index in [9.17, 15) is 9.59 Å². The molecule has 0 aromatic heterocycles. The van der Waals surface area contributed by atoms with E-state index >= 15 is 0 Å². The van der Waals surface area contributed by atoms with Crippen molar-refractivity contribution in [1.29, 1.82) is 0 Å². The second-order valence-electron chi connectivity index (χ2n) is 6.75. The molecule has 2 fully saturated rings. The Bertz CT molecular complexity index is 388. The number of amides is 1. The van der Waals surface area contributed by atoms with Crippen molar-refractivity contribution in [1.82, 2.24) is 5.32 Å². The first-order chi connectivity index (χ1) is 8.32. The number of rotatable bonds is 4. The van der Waals surface area contributed by atoms with Crippen molar-refractivity contribution in [2.24, 2.45) is 16.2 Å². The minimum Gasteiger partial charge on any atom is -0.356 e. The zero-order chi connectivity index (χ0) is 13.6. The molecule has 1 N–H and O–H groups in total. The molecule has 2 aliphatic carbocycles. The molecule has 3 heteroatoms. The summed E-state index contributed by atoms with van der Waals surface area (Å²) in [4.78, 5) is 24.8. The molecule has 0 unspecified atom stereocenters. The Morgan fingerprint density at radius 1 is 1.28 bits per heavy atom. The number of hydrogen-bond acceptors (Lipinski definition) is 2. The molecule has 0 saturated heterocycles. The lowest BCUT2D eigenvalue weighted by Gasteiger charge is -2.38. The first-order valence-corrected chi connectivity index (χ1v) is 7.13. The maximum atomic E-state index is 12.5. The molecule has 3 nitrogen and oxygen atoms in total. The third-order valence-corrected chi connectivity index (χ3v) is 5.96. The molecule has 0 aromatic rings. The van der Waals surface area contributed by atoms with Gasteiger partial charge >= 0.3 is 0 Å². The fraction of sp³-hybridized carbons (Fsp3) is 0.867. The van der Waals surface area contributed by atoms with Gasteiger partial charge in [0.15, 0.2) is 0 Å². The molecule has 0 aliphatic heterocycles. The van der Waals surface area contributed by atoms with E-state index in [4.69, 9.17) is 0 Å². The normalized spacial score (nSPS) is 37.0. The van der Waals surface area contributed by atoms with Crippen LogP contribution < -0.4 is 5.32 Å². The van der Waals surface area contributed by atoms with Crippen LogP contribution in [0.4, 0.5) is 0 Å². The van der Waals surface area contributed by atoms with Crippen LogP contribution in [-0.4, -0.2) is 18.2 Å². The fourth-order valence-corrected chi connectivity index (χ4v) is 3.91. The lowest BCUT2D eigenvalue weighted by atomic mass is 9.64. The molecule has 0 aromatic carbocycles. The zero-order valence-corrected chi connectivity index (χ0v) is 12.1. The van der Waals surface area contributed by atoms with Gasteiger partial charge in [-0.1, -0.05) is 34.1 Å². The predicted octanol–water partition coefficient (Wildman–Crippen LogP) is 2.69. The van der Waals surface area contributed by atoms with Crippen LogP contribution in [0.25, 0.3) is 0 Å². The largest absolute Gasteiger partial charge is 0.356 e. The average Bonchev–Trinajstić information content (AvgIpc) is 2.59. The van der Waals surface area contributed by atoms with Crippen LogP contribution in [0, 0.1) is 16.2 Å². The topological polar surface area (TPSA) is 46.2 Å². The van der Waals surface area contributed by atoms with Crippen molar-refractivity contribution in [3.05, 3.63) is 0 Å². The summed E-state index contributed by atoms with van der Waals surface area (Å²) in [5, 5.41) is 3.05. The number of nitrogens with one attached hydrogen (secondary N) is 1. The van der Waals surface area contributed by atoms with Crippen molar-refractivity contribution in [3.8, 4) is 0 Å². The lowest BCUT2D eigenvalue weighted by molar-refractivity contribution is -0.136. The van der Waals surface area contributed by atoms with Gasteiger partial charge in [-0.05, 0) is 24.7 Å². The Kier molecular flexibility index (Phi) is 3.07. The number of ketones is 1. The monoisotopic (exact) mass is 251 g/mol. The summed E-state index contributed by atoms with van der Waals surface area (Å²) in [6.45, 7) is 9.09. The van der Waals surface area contributed by atoms with Gasteiger partial charge in [0.25, 0.3) is 0 Å². The van der Waals surface area contributed by atoms with Crippen molar-refractivity contribution >= 4 is 11.7 Å². The van der Waals surface area contributed by atoms with Gasteiger partial charge in [0.05, 0.1) is 5.41 Å². The van der Waals surface area contributed by atoms with Crippen LogP contribution in [0.1, 0.15) is 59.8 Å². The third-order valence-electron chi connectivity index (χ3n) is 5.96. The van der Waals surface area contributed by atoms with E-state index in [2.05, 4.69) is 26.1 Å². The molecule has 2 bridgehead atoms. The Balaban J connectivity index is 2.22. The molecule has 2 atom stereocenters. The molecule has 0 radical (unpaired) electrons. The van der Waals surface area contributed by atoms with Crippen molar-refractivity contribution in [3.63, 3.8) is 0 Å². The van der Waals surface area contributed by atoms with E-state index in [0.717, 1.165) is 32.2 Å². The van der Waals surface area contributed by atoms with Gasteiger partial charge in [-0.15, -0.1) is 0 Å². The Morgan fingerprint density at radius 3 is 2.39 bits per heavy atom. The van der Waals surface area contributed by atoms with Gasteiger partial charge in [-0.25, -0.2) is 0 Å². The molecule has 2 rings (SSSR count). The lowest BCUT2D eigenvalue weighted by Crippen LogP contribution is -2.46. The number of hydrogen-bond donors (Lipinski definition) is 1. The van der Waals surface area contributed by atoms with Crippen LogP contribution in [0.5, 0.6) is 0 Å². The highest BCUT2D eigenvalue weighted by Gasteiger charge is 2.72. The van der Waals surface area contributed by atoms with Crippen LogP contribution in [0.2, 0.25) is 0 Å². The fourth-order valence-electron chi connectivity index (χ4n) is 3.91. The van der Waals surface area contributed by atoms with Gasteiger partial charge < -0.3 is 5.32 Å². The number of unbranched alkanes of at least 4 members (excludes halogenated alkanes) is 1. The minimum atomic E-state index is -0.452. The molecule has 2 saturated carbocycles. The van der Waals surface area contributed by atoms with Crippen LogP contribution in [0.15, 0.2) is 0 Å². The number of fused-ring (bicyclic) bond motifs is 2. The highest BCUT2D eigenvalue weighted by molar-refractivity contribution is 5.99. The first-order valence-electron chi connectivity index (χ1n) is 7.13. The molecule has 2 aliphatic rings. The van der Waals surface area contributed by atoms with Crippen LogP contribution in [-0.2, 0) is 9.59 Å². The molecule has 18 heavy (non-hydrogen) atoms. The van der Waals surface area contributed by atoms with Crippen molar-refractivity contribution in [2.45, 2.75) is 59.8 Å². The quantitative estimate of drug-likeness (QED) is 0.781. The molecular weight excluding hydrogens is 226 g/mol. The average molecular weight is 251 g/mol. The molecule has 0 heterocycles. The zero-order valence-electron chi connectivity index (χ0n) is 12.1. The van der Waals surface area contributed by atoms with E-state index in [-0.39, 0.29) is 22.5 Å². The maximum absolute atomic E-state index is 12.5. The van der Waals surface area contributed by atoms with Gasteiger partial charge in [-0.2, -0.15) is 0 Å². The van der Waals surface area contributed by atoms with Crippen LogP contribution in [0.3, 0.4) is 0 Å². The Labute approximate surface area is 110 Å². The summed E-state index contributed by atoms with van der Waals surface area (Å²) >= 11 is 0. The van der Waals surface area contributed by atoms with Crippen LogP contribution >= 0.6 is 0 Å². The number of carbonyl (C=O) groups excluding carboxylic acids is 2. The van der Waals surface area contributed by atoms with Gasteiger partial charge in [0.2, 0.25) is 5.91 Å². The smallest absolute Gasteiger partial charge is 0.227 e. The summed E-state index contributed by atoms with van der Waals surface area (Å²) in [5.41, 5.74) is -0.963. The van der Waals surface area contributed by atoms with E-state index in [0.29, 0.717) is 6.42 Å². The highest BCUT2D eigenvalue weighted by Crippen LogP contribution is 2.70. The Hall–Kier alpha value is -0.860. The SMILES string of the molecule is CCCCNC(=O)[C@]12CC[C@](C)(C(=O)C1)C2(C)C. The third kappa shape index (κ3) is 1.42. The van der Waals surface area contributed by atoms with Gasteiger partial charge in [0.1, 0.15) is 5.78 Å². The summed E-state index contributed by atoms with van der Waals surface area (Å²) < 4.78 is 0. The van der Waals surface area contributed by atoms with Gasteiger partial charge in [-0.3, -0.25) is 9.59 Å². The van der Waals surface area contributed by atoms with Gasteiger partial charge in [0, 0.05) is 18.4 Å². The standard InChI is InChI=1S/C15H25NO2/c1-5-6-9-16-12(18)15-8-7-14(4,11(17)10-15)13(15,2)3/h5-10H2,1-4H3,(H,16,18)/t14-,15+/m1/s1. The minimum absolute atomic E-state index is 0.107. The molecule has 102 valence electrons. The van der Waals surface area contributed by atoms with Crippen molar-refractivity contribution < 1.29 is 9.59 Å². The molecule has 1 amide bonds. The summed E-state index contributed by atoms with van der Waals surface area (Å²) in [6.07, 6.45) is 4.25. The van der Waals surface area contributed by atoms with E-state index < -0.39 is 5.41 Å². The van der Waals surface area contributed by atoms with E-state index in [1.165, 1.54) is 0 Å². The second-order valence-corrected chi connectivity index (χ2v) is 6.75. The maximum Gasteiger partial charge on any atom is 0.227 e. The number of Topliss-reactive ketones (excluding diaryl/α,β-unsaturated/α-hetero) is 1. The summed E-state index contributed by atoms with van der Waals surface area (Å²) in [6, 6.07) is 0.